The first kappa shape index (κ1) is 17.5. The highest BCUT2D eigenvalue weighted by Gasteiger charge is 2.30. The van der Waals surface area contributed by atoms with Crippen LogP contribution in [0.2, 0.25) is 0 Å². The maximum absolute atomic E-state index is 12.4. The number of nitrogens with zero attached hydrogens (tertiary/aromatic N) is 2. The van der Waals surface area contributed by atoms with Gasteiger partial charge < -0.3 is 4.42 Å². The molecular weight excluding hydrogens is 456 g/mol. The van der Waals surface area contributed by atoms with Gasteiger partial charge in [0, 0.05) is 13.1 Å². The molecule has 1 aliphatic heterocycles. The van der Waals surface area contributed by atoms with Crippen LogP contribution in [-0.2, 0) is 4.79 Å². The third-order valence-corrected chi connectivity index (χ3v) is 6.43. The minimum Gasteiger partial charge on any atom is -0.449 e. The van der Waals surface area contributed by atoms with Crippen molar-refractivity contribution in [1.82, 2.24) is 4.90 Å². The Labute approximate surface area is 161 Å². The van der Waals surface area contributed by atoms with Gasteiger partial charge in [-0.25, -0.2) is 4.99 Å². The van der Waals surface area contributed by atoms with E-state index >= 15 is 0 Å². The number of amides is 1. The smallest absolute Gasteiger partial charge is 0.266 e. The monoisotopic (exact) mass is 468 g/mol. The third kappa shape index (κ3) is 3.53. The molecule has 4 nitrogen and oxygen atoms in total. The number of amidine groups is 1. The summed E-state index contributed by atoms with van der Waals surface area (Å²) in [6.07, 6.45) is 1.72. The normalized spacial score (nSPS) is 18.2. The van der Waals surface area contributed by atoms with E-state index in [1.54, 1.807) is 18.0 Å². The maximum Gasteiger partial charge on any atom is 0.266 e. The van der Waals surface area contributed by atoms with E-state index in [2.05, 4.69) is 43.8 Å². The van der Waals surface area contributed by atoms with Crippen molar-refractivity contribution in [2.45, 2.75) is 13.8 Å². The molecule has 2 aromatic rings. The Morgan fingerprint density at radius 2 is 1.96 bits per heavy atom. The zero-order chi connectivity index (χ0) is 17.4. The van der Waals surface area contributed by atoms with Crippen molar-refractivity contribution < 1.29 is 9.21 Å². The van der Waals surface area contributed by atoms with Crippen molar-refractivity contribution in [2.75, 3.05) is 7.05 Å². The zero-order valence-electron chi connectivity index (χ0n) is 13.3. The maximum atomic E-state index is 12.4. The van der Waals surface area contributed by atoms with E-state index in [0.29, 0.717) is 20.5 Å². The van der Waals surface area contributed by atoms with Crippen molar-refractivity contribution in [3.63, 3.8) is 0 Å². The standard InChI is InChI=1S/C17H14Br2N2O2S/c1-9-4-5-11(6-10(9)2)20-17-21(3)16(22)14(24-17)8-12-7-13(18)15(19)23-12/h4-8H,1-3H3/b14-8-,20-17?. The van der Waals surface area contributed by atoms with Gasteiger partial charge in [-0.15, -0.1) is 0 Å². The topological polar surface area (TPSA) is 45.8 Å². The fraction of sp³-hybridized carbons (Fsp3) is 0.176. The number of rotatable bonds is 2. The number of hydrogen-bond acceptors (Lipinski definition) is 4. The second kappa shape index (κ2) is 6.90. The third-order valence-electron chi connectivity index (χ3n) is 3.66. The van der Waals surface area contributed by atoms with Gasteiger partial charge in [-0.3, -0.25) is 9.69 Å². The van der Waals surface area contributed by atoms with Gasteiger partial charge in [0.1, 0.15) is 5.76 Å². The number of halogens is 2. The molecule has 1 aliphatic rings. The van der Waals surface area contributed by atoms with Crippen LogP contribution < -0.4 is 0 Å². The molecule has 3 rings (SSSR count). The van der Waals surface area contributed by atoms with E-state index in [4.69, 9.17) is 4.42 Å². The number of aliphatic imine (C=N–C) groups is 1. The molecule has 0 aliphatic carbocycles. The fourth-order valence-corrected chi connectivity index (χ4v) is 3.70. The molecule has 0 saturated carbocycles. The summed E-state index contributed by atoms with van der Waals surface area (Å²) >= 11 is 8.00. The van der Waals surface area contributed by atoms with Crippen molar-refractivity contribution in [3.8, 4) is 0 Å². The van der Waals surface area contributed by atoms with Crippen molar-refractivity contribution in [3.05, 3.63) is 55.2 Å². The summed E-state index contributed by atoms with van der Waals surface area (Å²) in [4.78, 5) is 19.1. The van der Waals surface area contributed by atoms with Crippen LogP contribution in [0, 0.1) is 13.8 Å². The lowest BCUT2D eigenvalue weighted by atomic mass is 10.1. The van der Waals surface area contributed by atoms with Crippen molar-refractivity contribution >= 4 is 66.5 Å². The second-order valence-electron chi connectivity index (χ2n) is 5.41. The number of thioether (sulfide) groups is 1. The fourth-order valence-electron chi connectivity index (χ4n) is 2.12. The number of carbonyl (C=O) groups excluding carboxylic acids is 1. The molecule has 24 heavy (non-hydrogen) atoms. The lowest BCUT2D eigenvalue weighted by Crippen LogP contribution is -2.23. The van der Waals surface area contributed by atoms with Crippen LogP contribution in [0.1, 0.15) is 16.9 Å². The first-order valence-electron chi connectivity index (χ1n) is 7.13. The molecule has 1 saturated heterocycles. The van der Waals surface area contributed by atoms with Crippen molar-refractivity contribution in [1.29, 1.82) is 0 Å². The van der Waals surface area contributed by atoms with Gasteiger partial charge in [0.25, 0.3) is 5.91 Å². The molecule has 0 bridgehead atoms. The number of likely N-dealkylation sites (N-methyl/N-ethyl adjacent to an activating group) is 1. The average molecular weight is 470 g/mol. The van der Waals surface area contributed by atoms with Gasteiger partial charge in [0.2, 0.25) is 0 Å². The van der Waals surface area contributed by atoms with Crippen LogP contribution in [0.5, 0.6) is 0 Å². The van der Waals surface area contributed by atoms with E-state index in [0.717, 1.165) is 10.2 Å². The van der Waals surface area contributed by atoms with Crippen LogP contribution in [0.3, 0.4) is 0 Å². The highest BCUT2D eigenvalue weighted by Crippen LogP contribution is 2.35. The summed E-state index contributed by atoms with van der Waals surface area (Å²) in [5.41, 5.74) is 3.23. The minimum atomic E-state index is -0.0915. The first-order chi connectivity index (χ1) is 11.3. The molecule has 0 atom stereocenters. The Hall–Kier alpha value is -1.31. The highest BCUT2D eigenvalue weighted by atomic mass is 79.9. The summed E-state index contributed by atoms with van der Waals surface area (Å²) in [6, 6.07) is 7.81. The number of hydrogen-bond donors (Lipinski definition) is 0. The molecule has 124 valence electrons. The lowest BCUT2D eigenvalue weighted by molar-refractivity contribution is -0.121. The molecule has 1 fully saturated rings. The van der Waals surface area contributed by atoms with Gasteiger partial charge in [-0.2, -0.15) is 0 Å². The molecule has 0 N–H and O–H groups in total. The van der Waals surface area contributed by atoms with Gasteiger partial charge in [0.05, 0.1) is 15.1 Å². The summed E-state index contributed by atoms with van der Waals surface area (Å²) in [7, 11) is 1.73. The largest absolute Gasteiger partial charge is 0.449 e. The van der Waals surface area contributed by atoms with Crippen LogP contribution >= 0.6 is 43.6 Å². The van der Waals surface area contributed by atoms with Gasteiger partial charge in [0.15, 0.2) is 9.84 Å². The molecule has 0 radical (unpaired) electrons. The van der Waals surface area contributed by atoms with Crippen LogP contribution in [0.25, 0.3) is 6.08 Å². The van der Waals surface area contributed by atoms with E-state index < -0.39 is 0 Å². The molecule has 1 amide bonds. The Kier molecular flexibility index (Phi) is 5.03. The molecule has 0 spiro atoms. The minimum absolute atomic E-state index is 0.0915. The van der Waals surface area contributed by atoms with Crippen LogP contribution in [0.4, 0.5) is 5.69 Å². The quantitative estimate of drug-likeness (QED) is 0.533. The Morgan fingerprint density at radius 3 is 2.58 bits per heavy atom. The highest BCUT2D eigenvalue weighted by molar-refractivity contribution is 9.13. The SMILES string of the molecule is Cc1ccc(N=C2S/C(=C\c3cc(Br)c(Br)o3)C(=O)N2C)cc1C. The van der Waals surface area contributed by atoms with Crippen molar-refractivity contribution in [2.24, 2.45) is 4.99 Å². The first-order valence-corrected chi connectivity index (χ1v) is 9.54. The van der Waals surface area contributed by atoms with Gasteiger partial charge in [-0.1, -0.05) is 6.07 Å². The number of benzene rings is 1. The predicted molar refractivity (Wildman–Crippen MR) is 105 cm³/mol. The summed E-state index contributed by atoms with van der Waals surface area (Å²) < 4.78 is 6.92. The second-order valence-corrected chi connectivity index (χ2v) is 7.99. The average Bonchev–Trinajstić information content (AvgIpc) is 2.98. The molecule has 0 unspecified atom stereocenters. The summed E-state index contributed by atoms with van der Waals surface area (Å²) in [5.74, 6) is 0.511. The molecule has 2 heterocycles. The van der Waals surface area contributed by atoms with E-state index in [1.807, 2.05) is 31.2 Å². The number of aryl methyl sites for hydroxylation is 2. The Bertz CT molecular complexity index is 867. The zero-order valence-corrected chi connectivity index (χ0v) is 17.3. The summed E-state index contributed by atoms with van der Waals surface area (Å²) in [5, 5.41) is 0.652. The summed E-state index contributed by atoms with van der Waals surface area (Å²) in [6.45, 7) is 4.11. The number of carbonyl (C=O) groups is 1. The van der Waals surface area contributed by atoms with E-state index in [1.165, 1.54) is 22.9 Å². The van der Waals surface area contributed by atoms with E-state index in [-0.39, 0.29) is 5.91 Å². The Balaban J connectivity index is 1.90. The number of furan rings is 1. The lowest BCUT2D eigenvalue weighted by Gasteiger charge is -2.08. The molecule has 1 aromatic carbocycles. The predicted octanol–water partition coefficient (Wildman–Crippen LogP) is 5.66. The Morgan fingerprint density at radius 1 is 1.21 bits per heavy atom. The van der Waals surface area contributed by atoms with Crippen LogP contribution in [0.15, 0.2) is 47.7 Å². The van der Waals surface area contributed by atoms with Crippen LogP contribution in [-0.4, -0.2) is 23.0 Å². The van der Waals surface area contributed by atoms with Gasteiger partial charge >= 0.3 is 0 Å². The van der Waals surface area contributed by atoms with E-state index in [9.17, 15) is 4.79 Å². The molecular formula is C17H14Br2N2O2S. The van der Waals surface area contributed by atoms with Gasteiger partial charge in [-0.05, 0) is 86.8 Å². The molecule has 7 heteroatoms. The molecule has 1 aromatic heterocycles.